The number of urea groups is 1. The van der Waals surface area contributed by atoms with Crippen LogP contribution < -0.4 is 16.4 Å². The molecule has 216 valence electrons. The molecular formula is C29H30ClN9O3. The lowest BCUT2D eigenvalue weighted by Gasteiger charge is -2.21. The predicted molar refractivity (Wildman–Crippen MR) is 162 cm³/mol. The first kappa shape index (κ1) is 28.6. The smallest absolute Gasteiger partial charge is 0.324 e. The van der Waals surface area contributed by atoms with E-state index in [0.29, 0.717) is 50.3 Å². The molecule has 3 aromatic heterocycles. The summed E-state index contributed by atoms with van der Waals surface area (Å²) in [5, 5.41) is 15.9. The lowest BCUT2D eigenvalue weighted by atomic mass is 9.90. The molecule has 0 bridgehead atoms. The average Bonchev–Trinajstić information content (AvgIpc) is 3.52. The van der Waals surface area contributed by atoms with Crippen LogP contribution in [0.15, 0.2) is 54.9 Å². The molecule has 0 saturated carbocycles. The van der Waals surface area contributed by atoms with Crippen LogP contribution in [0.3, 0.4) is 0 Å². The number of rotatable bonds is 7. The van der Waals surface area contributed by atoms with Crippen molar-refractivity contribution in [2.45, 2.75) is 33.1 Å². The zero-order valence-corrected chi connectivity index (χ0v) is 24.5. The summed E-state index contributed by atoms with van der Waals surface area (Å²) < 4.78 is 8.51. The molecule has 13 heteroatoms. The van der Waals surface area contributed by atoms with Gasteiger partial charge in [-0.15, -0.1) is 0 Å². The lowest BCUT2D eigenvalue weighted by molar-refractivity contribution is -0.142. The molecule has 0 aliphatic heterocycles. The fourth-order valence-electron chi connectivity index (χ4n) is 4.38. The molecule has 5 rings (SSSR count). The van der Waals surface area contributed by atoms with Crippen molar-refractivity contribution in [2.75, 3.05) is 23.0 Å². The van der Waals surface area contributed by atoms with E-state index in [1.54, 1.807) is 40.7 Å². The van der Waals surface area contributed by atoms with Gasteiger partial charge >= 0.3 is 12.0 Å². The number of nitrogen functional groups attached to an aromatic ring is 1. The Balaban J connectivity index is 1.41. The number of fused-ring (bicyclic) bond motifs is 1. The van der Waals surface area contributed by atoms with Gasteiger partial charge in [0.25, 0.3) is 0 Å². The van der Waals surface area contributed by atoms with Gasteiger partial charge in [-0.3, -0.25) is 10.1 Å². The Morgan fingerprint density at radius 1 is 1.05 bits per heavy atom. The van der Waals surface area contributed by atoms with Crippen molar-refractivity contribution in [3.05, 3.63) is 71.1 Å². The lowest BCUT2D eigenvalue weighted by Crippen LogP contribution is -2.26. The quantitative estimate of drug-likeness (QED) is 0.218. The topological polar surface area (TPSA) is 155 Å². The van der Waals surface area contributed by atoms with Gasteiger partial charge in [-0.1, -0.05) is 49.2 Å². The molecule has 0 aliphatic carbocycles. The first-order valence-corrected chi connectivity index (χ1v) is 13.4. The minimum absolute atomic E-state index is 0.129. The molecule has 0 aliphatic rings. The van der Waals surface area contributed by atoms with Gasteiger partial charge in [0.2, 0.25) is 0 Å². The van der Waals surface area contributed by atoms with Crippen molar-refractivity contribution in [1.82, 2.24) is 29.5 Å². The van der Waals surface area contributed by atoms with Crippen molar-refractivity contribution in [2.24, 2.45) is 7.05 Å². The summed E-state index contributed by atoms with van der Waals surface area (Å²) in [6, 6.07) is 14.1. The highest BCUT2D eigenvalue weighted by Crippen LogP contribution is 2.34. The second kappa shape index (κ2) is 11.1. The van der Waals surface area contributed by atoms with Gasteiger partial charge in [-0.25, -0.2) is 24.1 Å². The number of nitrogens with one attached hydrogen (secondary N) is 2. The number of amides is 2. The molecule has 0 atom stereocenters. The Labute approximate surface area is 246 Å². The maximum absolute atomic E-state index is 13.2. The summed E-state index contributed by atoms with van der Waals surface area (Å²) >= 11 is 6.59. The molecule has 0 fully saturated rings. The van der Waals surface area contributed by atoms with E-state index in [2.05, 4.69) is 25.7 Å². The van der Waals surface area contributed by atoms with Crippen molar-refractivity contribution >= 4 is 52.0 Å². The number of carbonyl (C=O) groups excluding carboxylic acids is 2. The molecule has 2 amide bonds. The number of esters is 1. The summed E-state index contributed by atoms with van der Waals surface area (Å²) in [5.41, 5.74) is 10.2. The van der Waals surface area contributed by atoms with Crippen molar-refractivity contribution in [3.63, 3.8) is 0 Å². The number of hydrogen-bond acceptors (Lipinski definition) is 8. The Kier molecular flexibility index (Phi) is 7.57. The van der Waals surface area contributed by atoms with Crippen LogP contribution in [0, 0.1) is 6.92 Å². The van der Waals surface area contributed by atoms with E-state index in [-0.39, 0.29) is 12.6 Å². The fraction of sp³-hybridized carbons (Fsp3) is 0.241. The highest BCUT2D eigenvalue weighted by Gasteiger charge is 2.28. The van der Waals surface area contributed by atoms with E-state index >= 15 is 0 Å². The van der Waals surface area contributed by atoms with Gasteiger partial charge in [0, 0.05) is 31.0 Å². The third-order valence-electron chi connectivity index (χ3n) is 6.70. The summed E-state index contributed by atoms with van der Waals surface area (Å²) in [7, 11) is 1.77. The van der Waals surface area contributed by atoms with Crippen LogP contribution in [0.25, 0.3) is 28.0 Å². The van der Waals surface area contributed by atoms with E-state index in [4.69, 9.17) is 27.2 Å². The highest BCUT2D eigenvalue weighted by atomic mass is 35.5. The average molecular weight is 588 g/mol. The zero-order chi connectivity index (χ0) is 30.2. The van der Waals surface area contributed by atoms with Gasteiger partial charge in [-0.2, -0.15) is 10.2 Å². The van der Waals surface area contributed by atoms with Gasteiger partial charge in [0.15, 0.2) is 5.65 Å². The maximum Gasteiger partial charge on any atom is 0.324 e. The van der Waals surface area contributed by atoms with Gasteiger partial charge in [0.05, 0.1) is 27.5 Å². The van der Waals surface area contributed by atoms with Gasteiger partial charge in [0.1, 0.15) is 30.3 Å². The van der Waals surface area contributed by atoms with E-state index in [9.17, 15) is 9.59 Å². The number of aryl methyl sites for hydroxylation is 2. The third kappa shape index (κ3) is 5.75. The predicted octanol–water partition coefficient (Wildman–Crippen LogP) is 5.24. The normalized spacial score (nSPS) is 11.5. The number of ether oxygens (including phenoxy) is 1. The van der Waals surface area contributed by atoms with Gasteiger partial charge in [-0.05, 0) is 31.2 Å². The number of carbonyl (C=O) groups is 2. The molecule has 0 saturated heterocycles. The SMILES string of the molecule is CC(=O)OCC(C)(C)c1cc(NC(=O)Nc2ccc(-c3nn(C)c4ncnc(N)c34)cc2Cl)n(-c2ccc(C)cc2)n1. The summed E-state index contributed by atoms with van der Waals surface area (Å²) in [6.07, 6.45) is 1.39. The second-order valence-electron chi connectivity index (χ2n) is 10.5. The van der Waals surface area contributed by atoms with Crippen LogP contribution >= 0.6 is 11.6 Å². The van der Waals surface area contributed by atoms with E-state index in [1.807, 2.05) is 45.0 Å². The molecular weight excluding hydrogens is 558 g/mol. The van der Waals surface area contributed by atoms with E-state index < -0.39 is 11.4 Å². The maximum atomic E-state index is 13.2. The Morgan fingerprint density at radius 3 is 2.48 bits per heavy atom. The zero-order valence-electron chi connectivity index (χ0n) is 23.8. The number of halogens is 1. The summed E-state index contributed by atoms with van der Waals surface area (Å²) in [4.78, 5) is 33.0. The van der Waals surface area contributed by atoms with E-state index in [0.717, 1.165) is 11.3 Å². The van der Waals surface area contributed by atoms with Crippen LogP contribution in [-0.2, 0) is 22.0 Å². The summed E-state index contributed by atoms with van der Waals surface area (Å²) in [6.45, 7) is 7.30. The standard InChI is InChI=1S/C29H30ClN9O3/c1-16-6-9-19(10-7-16)39-23(13-22(36-39)29(3,4)14-42-17(2)40)35-28(41)34-21-11-8-18(12-20(21)30)25-24-26(31)32-15-33-27(24)38(5)37-25/h6-13,15H,14H2,1-5H3,(H2,31,32,33)(H2,34,35,41). The molecule has 5 aromatic rings. The number of anilines is 3. The molecule has 3 heterocycles. The fourth-order valence-corrected chi connectivity index (χ4v) is 4.61. The number of benzene rings is 2. The number of hydrogen-bond donors (Lipinski definition) is 3. The van der Waals surface area contributed by atoms with Crippen molar-refractivity contribution in [3.8, 4) is 16.9 Å². The number of nitrogens with zero attached hydrogens (tertiary/aromatic N) is 6. The monoisotopic (exact) mass is 587 g/mol. The summed E-state index contributed by atoms with van der Waals surface area (Å²) in [5.74, 6) is 0.349. The molecule has 4 N–H and O–H groups in total. The molecule has 2 aromatic carbocycles. The van der Waals surface area contributed by atoms with Crippen molar-refractivity contribution < 1.29 is 14.3 Å². The van der Waals surface area contributed by atoms with Crippen molar-refractivity contribution in [1.29, 1.82) is 0 Å². The first-order chi connectivity index (χ1) is 19.9. The second-order valence-corrected chi connectivity index (χ2v) is 10.9. The Hall–Kier alpha value is -4.97. The van der Waals surface area contributed by atoms with E-state index in [1.165, 1.54) is 13.3 Å². The molecule has 12 nitrogen and oxygen atoms in total. The molecule has 42 heavy (non-hydrogen) atoms. The minimum atomic E-state index is -0.613. The molecule has 0 radical (unpaired) electrons. The number of nitrogens with two attached hydrogens (primary N) is 1. The van der Waals surface area contributed by atoms with Crippen LogP contribution in [0.1, 0.15) is 32.0 Å². The van der Waals surface area contributed by atoms with Gasteiger partial charge < -0.3 is 15.8 Å². The molecule has 0 spiro atoms. The van der Waals surface area contributed by atoms with Crippen LogP contribution in [0.2, 0.25) is 5.02 Å². The third-order valence-corrected chi connectivity index (χ3v) is 7.01. The number of aromatic nitrogens is 6. The minimum Gasteiger partial charge on any atom is -0.465 e. The van der Waals surface area contributed by atoms with Crippen LogP contribution in [-0.4, -0.2) is 48.1 Å². The van der Waals surface area contributed by atoms with Crippen LogP contribution in [0.5, 0.6) is 0 Å². The van der Waals surface area contributed by atoms with Crippen LogP contribution in [0.4, 0.5) is 22.1 Å². The Bertz CT molecular complexity index is 1810. The Morgan fingerprint density at radius 2 is 1.79 bits per heavy atom. The molecule has 0 unspecified atom stereocenters. The largest absolute Gasteiger partial charge is 0.465 e. The first-order valence-electron chi connectivity index (χ1n) is 13.0. The highest BCUT2D eigenvalue weighted by molar-refractivity contribution is 6.34.